The van der Waals surface area contributed by atoms with Crippen molar-refractivity contribution in [3.63, 3.8) is 0 Å². The van der Waals surface area contributed by atoms with E-state index >= 15 is 0 Å². The molecule has 0 heterocycles. The summed E-state index contributed by atoms with van der Waals surface area (Å²) in [6.07, 6.45) is 1.68. The smallest absolute Gasteiger partial charge is 0.338 e. The molecule has 4 nitrogen and oxygen atoms in total. The van der Waals surface area contributed by atoms with Gasteiger partial charge in [0.2, 0.25) is 6.49 Å². The Bertz CT molecular complexity index is 478. The third-order valence-electron chi connectivity index (χ3n) is 2.54. The summed E-state index contributed by atoms with van der Waals surface area (Å²) in [7, 11) is 1.35. The van der Waals surface area contributed by atoms with Crippen molar-refractivity contribution in [3.8, 4) is 0 Å². The van der Waals surface area contributed by atoms with Gasteiger partial charge in [0.15, 0.2) is 0 Å². The van der Waals surface area contributed by atoms with Gasteiger partial charge in [0.25, 0.3) is 0 Å². The molecule has 0 fully saturated rings. The number of benzene rings is 1. The summed E-state index contributed by atoms with van der Waals surface area (Å²) in [6, 6.07) is 7.08. The van der Waals surface area contributed by atoms with Crippen molar-refractivity contribution in [2.45, 2.75) is 26.7 Å². The fraction of sp³-hybridized carbons (Fsp3) is 0.500. The van der Waals surface area contributed by atoms with Gasteiger partial charge in [0.05, 0.1) is 31.2 Å². The topological polar surface area (TPSA) is 44.8 Å². The molecule has 0 aliphatic rings. The zero-order valence-electron chi connectivity index (χ0n) is 12.1. The van der Waals surface area contributed by atoms with Gasteiger partial charge in [-0.1, -0.05) is 26.0 Å². The van der Waals surface area contributed by atoms with Crippen LogP contribution in [0.2, 0.25) is 0 Å². The van der Waals surface area contributed by atoms with Crippen molar-refractivity contribution in [3.05, 3.63) is 29.8 Å². The second-order valence-corrected chi connectivity index (χ2v) is 7.61. The van der Waals surface area contributed by atoms with Crippen molar-refractivity contribution < 1.29 is 18.6 Å². The van der Waals surface area contributed by atoms with Gasteiger partial charge >= 0.3 is 5.97 Å². The predicted molar refractivity (Wildman–Crippen MR) is 84.2 cm³/mol. The third kappa shape index (κ3) is 4.38. The van der Waals surface area contributed by atoms with E-state index in [4.69, 9.17) is 25.6 Å². The zero-order chi connectivity index (χ0) is 15.0. The number of hydrogen-bond acceptors (Lipinski definition) is 5. The van der Waals surface area contributed by atoms with Gasteiger partial charge in [-0.2, -0.15) is 0 Å². The lowest BCUT2D eigenvalue weighted by atomic mass is 10.2. The maximum absolute atomic E-state index is 11.9. The summed E-state index contributed by atoms with van der Waals surface area (Å²) in [5.74, 6) is -0.421. The Hall–Kier alpha value is -0.740. The lowest BCUT2D eigenvalue weighted by molar-refractivity contribution is 0.0602. The van der Waals surface area contributed by atoms with E-state index in [0.29, 0.717) is 24.1 Å². The van der Waals surface area contributed by atoms with Crippen molar-refractivity contribution in [1.29, 1.82) is 0 Å². The van der Waals surface area contributed by atoms with Gasteiger partial charge in [0.1, 0.15) is 0 Å². The third-order valence-corrected chi connectivity index (χ3v) is 5.78. The molecular formula is C14H21O4PS. The molecule has 1 aromatic carbocycles. The first kappa shape index (κ1) is 17.3. The number of carbonyl (C=O) groups excluding carboxylic acids is 1. The quantitative estimate of drug-likeness (QED) is 0.544. The molecule has 0 spiro atoms. The van der Waals surface area contributed by atoms with Crippen molar-refractivity contribution in [1.82, 2.24) is 0 Å². The van der Waals surface area contributed by atoms with Crippen molar-refractivity contribution >= 4 is 29.6 Å². The average molecular weight is 316 g/mol. The Kier molecular flexibility index (Phi) is 7.38. The van der Waals surface area contributed by atoms with E-state index in [-0.39, 0.29) is 0 Å². The second kappa shape index (κ2) is 8.53. The van der Waals surface area contributed by atoms with Gasteiger partial charge in [-0.3, -0.25) is 0 Å². The van der Waals surface area contributed by atoms with Gasteiger partial charge in [-0.25, -0.2) is 4.79 Å². The molecule has 0 aromatic heterocycles. The van der Waals surface area contributed by atoms with Gasteiger partial charge < -0.3 is 13.8 Å². The molecule has 0 radical (unpaired) electrons. The lowest BCUT2D eigenvalue weighted by Gasteiger charge is -2.24. The van der Waals surface area contributed by atoms with E-state index in [1.807, 2.05) is 19.9 Å². The fourth-order valence-electron chi connectivity index (χ4n) is 1.59. The predicted octanol–water partition coefficient (Wildman–Crippen LogP) is 3.26. The molecule has 0 N–H and O–H groups in total. The van der Waals surface area contributed by atoms with E-state index in [2.05, 4.69) is 0 Å². The van der Waals surface area contributed by atoms with Crippen LogP contribution in [0.3, 0.4) is 0 Å². The second-order valence-electron chi connectivity index (χ2n) is 4.17. The van der Waals surface area contributed by atoms with E-state index < -0.39 is 12.5 Å². The first-order valence-electron chi connectivity index (χ1n) is 6.66. The monoisotopic (exact) mass is 316 g/mol. The van der Waals surface area contributed by atoms with Crippen LogP contribution in [0, 0.1) is 0 Å². The highest BCUT2D eigenvalue weighted by Gasteiger charge is 2.27. The SMILES string of the molecule is CCCOP(=S)(OCCC)c1ccccc1C(=O)OC. The number of carbonyl (C=O) groups is 1. The zero-order valence-corrected chi connectivity index (χ0v) is 13.8. The minimum atomic E-state index is -2.68. The normalized spacial score (nSPS) is 11.3. The Morgan fingerprint density at radius 3 is 2.20 bits per heavy atom. The van der Waals surface area contributed by atoms with Gasteiger partial charge in [-0.15, -0.1) is 0 Å². The molecule has 0 unspecified atom stereocenters. The molecular weight excluding hydrogens is 295 g/mol. The summed E-state index contributed by atoms with van der Waals surface area (Å²) >= 11 is 5.61. The highest BCUT2D eigenvalue weighted by molar-refractivity contribution is 8.13. The summed E-state index contributed by atoms with van der Waals surface area (Å²) in [5, 5.41) is 0.628. The van der Waals surface area contributed by atoms with Crippen LogP contribution >= 0.6 is 6.49 Å². The Balaban J connectivity index is 3.19. The molecule has 1 aromatic rings. The van der Waals surface area contributed by atoms with Crippen LogP contribution < -0.4 is 5.30 Å². The van der Waals surface area contributed by atoms with Crippen LogP contribution in [0.25, 0.3) is 0 Å². The molecule has 0 saturated carbocycles. The van der Waals surface area contributed by atoms with Crippen LogP contribution in [0.4, 0.5) is 0 Å². The van der Waals surface area contributed by atoms with Crippen LogP contribution in [0.5, 0.6) is 0 Å². The van der Waals surface area contributed by atoms with Crippen LogP contribution in [0.1, 0.15) is 37.0 Å². The van der Waals surface area contributed by atoms with Gasteiger partial charge in [0, 0.05) is 0 Å². The first-order valence-corrected chi connectivity index (χ1v) is 9.29. The Morgan fingerprint density at radius 1 is 1.15 bits per heavy atom. The molecule has 6 heteroatoms. The molecule has 0 aliphatic heterocycles. The Morgan fingerprint density at radius 2 is 1.70 bits per heavy atom. The summed E-state index contributed by atoms with van der Waals surface area (Å²) in [5.41, 5.74) is 0.422. The molecule has 112 valence electrons. The summed E-state index contributed by atoms with van der Waals surface area (Å²) < 4.78 is 16.4. The number of ether oxygens (including phenoxy) is 1. The minimum Gasteiger partial charge on any atom is -0.465 e. The maximum atomic E-state index is 11.9. The van der Waals surface area contributed by atoms with E-state index in [1.54, 1.807) is 18.2 Å². The number of esters is 1. The van der Waals surface area contributed by atoms with E-state index in [9.17, 15) is 4.79 Å². The van der Waals surface area contributed by atoms with Crippen LogP contribution in [-0.2, 0) is 25.6 Å². The minimum absolute atomic E-state index is 0.421. The van der Waals surface area contributed by atoms with Crippen LogP contribution in [-0.4, -0.2) is 26.3 Å². The molecule has 0 aliphatic carbocycles. The molecule has 1 rings (SSSR count). The largest absolute Gasteiger partial charge is 0.465 e. The van der Waals surface area contributed by atoms with Crippen molar-refractivity contribution in [2.75, 3.05) is 20.3 Å². The summed E-state index contributed by atoms with van der Waals surface area (Å²) in [6.45, 7) is 2.36. The standard InChI is InChI=1S/C14H21O4PS/c1-4-10-17-19(20,18-11-5-2)13-9-7-6-8-12(13)14(15)16-3/h6-9H,4-5,10-11H2,1-3H3. The number of methoxy groups -OCH3 is 1. The molecule has 0 bridgehead atoms. The molecule has 0 saturated heterocycles. The number of hydrogen-bond donors (Lipinski definition) is 0. The summed E-state index contributed by atoms with van der Waals surface area (Å²) in [4.78, 5) is 11.9. The average Bonchev–Trinajstić information content (AvgIpc) is 2.50. The molecule has 0 atom stereocenters. The molecule has 20 heavy (non-hydrogen) atoms. The van der Waals surface area contributed by atoms with E-state index in [1.165, 1.54) is 7.11 Å². The highest BCUT2D eigenvalue weighted by atomic mass is 32.5. The number of rotatable bonds is 8. The molecule has 0 amide bonds. The highest BCUT2D eigenvalue weighted by Crippen LogP contribution is 2.48. The maximum Gasteiger partial charge on any atom is 0.338 e. The van der Waals surface area contributed by atoms with Crippen molar-refractivity contribution in [2.24, 2.45) is 0 Å². The van der Waals surface area contributed by atoms with Gasteiger partial charge in [-0.05, 0) is 36.8 Å². The fourth-order valence-corrected chi connectivity index (χ4v) is 4.45. The lowest BCUT2D eigenvalue weighted by Crippen LogP contribution is -2.20. The Labute approximate surface area is 125 Å². The first-order chi connectivity index (χ1) is 9.59. The van der Waals surface area contributed by atoms with E-state index in [0.717, 1.165) is 12.8 Å². The van der Waals surface area contributed by atoms with Crippen LogP contribution in [0.15, 0.2) is 24.3 Å².